The standard InChI is InChI=1S/C29H26N2O6/c1-19-25(28(32)36-17-21-11-5-3-6-12-21)27(23-15-9-10-16-24(23)31(34)35)26(20(2)30-19)29(33)37-18-22-13-7-4-8-14-22/h3-16,27,30H,17-18H2,1-2H3. The number of nitro benzene ring substituents is 1. The molecule has 1 N–H and O–H groups in total. The highest BCUT2D eigenvalue weighted by Crippen LogP contribution is 2.42. The van der Waals surface area contributed by atoms with Crippen molar-refractivity contribution in [1.29, 1.82) is 0 Å². The molecule has 188 valence electrons. The van der Waals surface area contributed by atoms with Crippen molar-refractivity contribution in [3.05, 3.63) is 134 Å². The number of carbonyl (C=O) groups is 2. The molecular formula is C29H26N2O6. The molecule has 0 saturated carbocycles. The van der Waals surface area contributed by atoms with E-state index in [-0.39, 0.29) is 35.6 Å². The van der Waals surface area contributed by atoms with Crippen molar-refractivity contribution < 1.29 is 24.0 Å². The van der Waals surface area contributed by atoms with Gasteiger partial charge in [0.05, 0.1) is 22.0 Å². The summed E-state index contributed by atoms with van der Waals surface area (Å²) in [4.78, 5) is 38.3. The minimum atomic E-state index is -1.06. The van der Waals surface area contributed by atoms with Gasteiger partial charge < -0.3 is 14.8 Å². The fourth-order valence-electron chi connectivity index (χ4n) is 4.35. The highest BCUT2D eigenvalue weighted by molar-refractivity contribution is 6.00. The van der Waals surface area contributed by atoms with Gasteiger partial charge in [0, 0.05) is 23.0 Å². The van der Waals surface area contributed by atoms with Crippen LogP contribution in [0.1, 0.15) is 36.5 Å². The Kier molecular flexibility index (Phi) is 7.78. The number of allylic oxidation sites excluding steroid dienone is 2. The van der Waals surface area contributed by atoms with Crippen LogP contribution in [0.2, 0.25) is 0 Å². The van der Waals surface area contributed by atoms with Crippen LogP contribution in [0.15, 0.2) is 107 Å². The lowest BCUT2D eigenvalue weighted by atomic mass is 9.79. The summed E-state index contributed by atoms with van der Waals surface area (Å²) in [6.07, 6.45) is 0. The van der Waals surface area contributed by atoms with E-state index in [9.17, 15) is 19.7 Å². The number of nitro groups is 1. The number of nitrogens with one attached hydrogen (secondary N) is 1. The molecule has 37 heavy (non-hydrogen) atoms. The lowest BCUT2D eigenvalue weighted by Gasteiger charge is -2.30. The van der Waals surface area contributed by atoms with Gasteiger partial charge in [-0.05, 0) is 25.0 Å². The molecule has 0 spiro atoms. The normalized spacial score (nSPS) is 13.7. The molecule has 0 aromatic heterocycles. The van der Waals surface area contributed by atoms with Crippen molar-refractivity contribution in [1.82, 2.24) is 5.32 Å². The summed E-state index contributed by atoms with van der Waals surface area (Å²) in [7, 11) is 0. The third kappa shape index (κ3) is 5.75. The molecule has 8 nitrogen and oxygen atoms in total. The second-order valence-corrected chi connectivity index (χ2v) is 8.57. The maximum atomic E-state index is 13.4. The average Bonchev–Trinajstić information content (AvgIpc) is 2.91. The second kappa shape index (κ2) is 11.3. The largest absolute Gasteiger partial charge is 0.457 e. The van der Waals surface area contributed by atoms with Gasteiger partial charge in [-0.25, -0.2) is 9.59 Å². The molecule has 0 aliphatic carbocycles. The molecule has 0 atom stereocenters. The Balaban J connectivity index is 1.73. The third-order valence-electron chi connectivity index (χ3n) is 6.07. The summed E-state index contributed by atoms with van der Waals surface area (Å²) in [5.74, 6) is -2.43. The minimum Gasteiger partial charge on any atom is -0.457 e. The van der Waals surface area contributed by atoms with E-state index in [1.54, 1.807) is 26.0 Å². The van der Waals surface area contributed by atoms with Crippen LogP contribution in [-0.4, -0.2) is 16.9 Å². The topological polar surface area (TPSA) is 108 Å². The van der Waals surface area contributed by atoms with Crippen molar-refractivity contribution in [2.75, 3.05) is 0 Å². The molecule has 0 unspecified atom stereocenters. The summed E-state index contributed by atoms with van der Waals surface area (Å²) >= 11 is 0. The predicted molar refractivity (Wildman–Crippen MR) is 137 cm³/mol. The first-order chi connectivity index (χ1) is 17.9. The van der Waals surface area contributed by atoms with E-state index in [4.69, 9.17) is 9.47 Å². The molecule has 0 radical (unpaired) electrons. The van der Waals surface area contributed by atoms with E-state index in [2.05, 4.69) is 5.32 Å². The lowest BCUT2D eigenvalue weighted by molar-refractivity contribution is -0.385. The van der Waals surface area contributed by atoms with E-state index in [1.165, 1.54) is 12.1 Å². The van der Waals surface area contributed by atoms with Gasteiger partial charge in [0.1, 0.15) is 13.2 Å². The van der Waals surface area contributed by atoms with Crippen LogP contribution in [0.5, 0.6) is 0 Å². The summed E-state index contributed by atoms with van der Waals surface area (Å²) < 4.78 is 11.2. The molecule has 0 amide bonds. The smallest absolute Gasteiger partial charge is 0.337 e. The quantitative estimate of drug-likeness (QED) is 0.254. The number of benzene rings is 3. The Morgan fingerprint density at radius 3 is 1.65 bits per heavy atom. The van der Waals surface area contributed by atoms with E-state index in [0.29, 0.717) is 11.4 Å². The van der Waals surface area contributed by atoms with Crippen LogP contribution in [0.4, 0.5) is 5.69 Å². The summed E-state index contributed by atoms with van der Waals surface area (Å²) in [5.41, 5.74) is 2.67. The highest BCUT2D eigenvalue weighted by Gasteiger charge is 2.41. The molecule has 1 aliphatic rings. The summed E-state index contributed by atoms with van der Waals surface area (Å²) in [6.45, 7) is 3.38. The second-order valence-electron chi connectivity index (χ2n) is 8.57. The van der Waals surface area contributed by atoms with Gasteiger partial charge in [0.15, 0.2) is 0 Å². The molecule has 1 heterocycles. The lowest BCUT2D eigenvalue weighted by Crippen LogP contribution is -2.32. The van der Waals surface area contributed by atoms with E-state index in [1.807, 2.05) is 60.7 Å². The Hall–Kier alpha value is -4.72. The predicted octanol–water partition coefficient (Wildman–Crippen LogP) is 5.32. The van der Waals surface area contributed by atoms with Crippen molar-refractivity contribution in [3.63, 3.8) is 0 Å². The van der Waals surface area contributed by atoms with Gasteiger partial charge in [0.2, 0.25) is 0 Å². The zero-order valence-corrected chi connectivity index (χ0v) is 20.5. The molecule has 4 rings (SSSR count). The fraction of sp³-hybridized carbons (Fsp3) is 0.172. The van der Waals surface area contributed by atoms with Crippen LogP contribution < -0.4 is 5.32 Å². The van der Waals surface area contributed by atoms with E-state index < -0.39 is 22.8 Å². The first-order valence-electron chi connectivity index (χ1n) is 11.7. The van der Waals surface area contributed by atoms with Gasteiger partial charge in [-0.3, -0.25) is 10.1 Å². The maximum Gasteiger partial charge on any atom is 0.337 e. The van der Waals surface area contributed by atoms with Crippen LogP contribution in [0.25, 0.3) is 0 Å². The molecule has 0 bridgehead atoms. The molecule has 8 heteroatoms. The first-order valence-corrected chi connectivity index (χ1v) is 11.7. The van der Waals surface area contributed by atoms with Crippen LogP contribution in [0, 0.1) is 10.1 Å². The Morgan fingerprint density at radius 2 is 1.19 bits per heavy atom. The summed E-state index contributed by atoms with van der Waals surface area (Å²) in [5, 5.41) is 15.0. The minimum absolute atomic E-state index is 0.0105. The molecule has 1 aliphatic heterocycles. The fourth-order valence-corrected chi connectivity index (χ4v) is 4.35. The first kappa shape index (κ1) is 25.4. The molecule has 0 saturated heterocycles. The summed E-state index contributed by atoms with van der Waals surface area (Å²) in [6, 6.07) is 24.4. The SMILES string of the molecule is CC1=C(C(=O)OCc2ccccc2)C(c2ccccc2[N+](=O)[O-])C(C(=O)OCc2ccccc2)=C(C)N1. The monoisotopic (exact) mass is 498 g/mol. The zero-order chi connectivity index (χ0) is 26.4. The Morgan fingerprint density at radius 1 is 0.757 bits per heavy atom. The number of rotatable bonds is 8. The number of nitrogens with zero attached hydrogens (tertiary/aromatic N) is 1. The maximum absolute atomic E-state index is 13.4. The van der Waals surface area contributed by atoms with Gasteiger partial charge in [-0.15, -0.1) is 0 Å². The number of para-hydroxylation sites is 1. The van der Waals surface area contributed by atoms with Crippen LogP contribution in [0.3, 0.4) is 0 Å². The van der Waals surface area contributed by atoms with Crippen LogP contribution in [-0.2, 0) is 32.3 Å². The van der Waals surface area contributed by atoms with Crippen molar-refractivity contribution in [3.8, 4) is 0 Å². The number of esters is 2. The number of hydrogen-bond donors (Lipinski definition) is 1. The average molecular weight is 499 g/mol. The molecule has 3 aromatic rings. The van der Waals surface area contributed by atoms with Gasteiger partial charge in [-0.1, -0.05) is 78.9 Å². The number of hydrogen-bond acceptors (Lipinski definition) is 7. The van der Waals surface area contributed by atoms with Gasteiger partial charge in [-0.2, -0.15) is 0 Å². The van der Waals surface area contributed by atoms with Crippen molar-refractivity contribution in [2.24, 2.45) is 0 Å². The third-order valence-corrected chi connectivity index (χ3v) is 6.07. The van der Waals surface area contributed by atoms with Crippen molar-refractivity contribution in [2.45, 2.75) is 33.0 Å². The van der Waals surface area contributed by atoms with Gasteiger partial charge in [0.25, 0.3) is 5.69 Å². The highest BCUT2D eigenvalue weighted by atomic mass is 16.6. The van der Waals surface area contributed by atoms with Crippen LogP contribution >= 0.6 is 0 Å². The zero-order valence-electron chi connectivity index (χ0n) is 20.5. The van der Waals surface area contributed by atoms with E-state index in [0.717, 1.165) is 11.1 Å². The number of carbonyl (C=O) groups excluding carboxylic acids is 2. The molecular weight excluding hydrogens is 472 g/mol. The molecule has 0 fully saturated rings. The number of dihydropyridines is 1. The van der Waals surface area contributed by atoms with Gasteiger partial charge >= 0.3 is 11.9 Å². The molecule has 3 aromatic carbocycles. The Bertz CT molecular complexity index is 1300. The van der Waals surface area contributed by atoms with Crippen molar-refractivity contribution >= 4 is 17.6 Å². The Labute approximate surface area is 214 Å². The number of ether oxygens (including phenoxy) is 2. The van der Waals surface area contributed by atoms with E-state index >= 15 is 0 Å².